The molecule has 3 aromatic rings. The number of nitrogens with one attached hydrogen (secondary N) is 3. The zero-order valence-electron chi connectivity index (χ0n) is 20.8. The van der Waals surface area contributed by atoms with E-state index in [1.54, 1.807) is 0 Å². The maximum absolute atomic E-state index is 5.62. The van der Waals surface area contributed by atoms with Gasteiger partial charge in [-0.25, -0.2) is 4.98 Å². The summed E-state index contributed by atoms with van der Waals surface area (Å²) in [6, 6.07) is 15.7. The minimum atomic E-state index is 0.405. The van der Waals surface area contributed by atoms with Gasteiger partial charge in [0.2, 0.25) is 5.95 Å². The largest absolute Gasteiger partial charge is 0.362 e. The van der Waals surface area contributed by atoms with E-state index in [1.807, 2.05) is 0 Å². The van der Waals surface area contributed by atoms with Crippen molar-refractivity contribution >= 4 is 39.9 Å². The van der Waals surface area contributed by atoms with E-state index in [2.05, 4.69) is 77.4 Å². The molecule has 1 heterocycles. The van der Waals surface area contributed by atoms with Gasteiger partial charge in [0.1, 0.15) is 5.82 Å². The molecule has 0 amide bonds. The van der Waals surface area contributed by atoms with Gasteiger partial charge in [0.05, 0.1) is 5.69 Å². The van der Waals surface area contributed by atoms with Gasteiger partial charge in [0, 0.05) is 38.3 Å². The number of fused-ring (bicyclic) bond motifs is 2. The second-order valence-corrected chi connectivity index (χ2v) is 10.5. The molecule has 1 aromatic heterocycles. The molecular weight excluding hydrogens is 452 g/mol. The normalized spacial score (nSPS) is 19.6. The number of aryl methyl sites for hydroxylation is 1. The summed E-state index contributed by atoms with van der Waals surface area (Å²) in [6.45, 7) is 0.730. The third-order valence-corrected chi connectivity index (χ3v) is 7.56. The lowest BCUT2D eigenvalue weighted by Crippen LogP contribution is -2.44. The summed E-state index contributed by atoms with van der Waals surface area (Å²) in [5.74, 6) is 1.87. The van der Waals surface area contributed by atoms with Crippen molar-refractivity contribution in [3.63, 3.8) is 0 Å². The summed E-state index contributed by atoms with van der Waals surface area (Å²) < 4.78 is 0. The van der Waals surface area contributed by atoms with Crippen LogP contribution in [0.1, 0.15) is 55.3 Å². The molecular formula is C28H36N6S. The van der Waals surface area contributed by atoms with Crippen molar-refractivity contribution in [2.24, 2.45) is 0 Å². The monoisotopic (exact) mass is 488 g/mol. The second kappa shape index (κ2) is 10.8. The van der Waals surface area contributed by atoms with Crippen molar-refractivity contribution in [1.29, 1.82) is 0 Å². The van der Waals surface area contributed by atoms with Gasteiger partial charge >= 0.3 is 0 Å². The maximum atomic E-state index is 5.62. The Labute approximate surface area is 213 Å². The Morgan fingerprint density at radius 2 is 1.69 bits per heavy atom. The van der Waals surface area contributed by atoms with E-state index in [9.17, 15) is 0 Å². The van der Waals surface area contributed by atoms with Gasteiger partial charge < -0.3 is 20.9 Å². The molecule has 0 spiro atoms. The molecule has 1 saturated carbocycles. The predicted octanol–water partition coefficient (Wildman–Crippen LogP) is 4.96. The molecule has 0 unspecified atom stereocenters. The Morgan fingerprint density at radius 3 is 2.51 bits per heavy atom. The number of rotatable bonds is 6. The van der Waals surface area contributed by atoms with Crippen molar-refractivity contribution in [3.8, 4) is 0 Å². The average Bonchev–Trinajstić information content (AvgIpc) is 2.88. The maximum Gasteiger partial charge on any atom is 0.225 e. The number of hydrogen-bond acceptors (Lipinski definition) is 5. The lowest BCUT2D eigenvalue weighted by atomic mass is 9.91. The van der Waals surface area contributed by atoms with Gasteiger partial charge in [-0.1, -0.05) is 42.5 Å². The molecule has 184 valence electrons. The van der Waals surface area contributed by atoms with Crippen LogP contribution in [-0.2, 0) is 19.4 Å². The van der Waals surface area contributed by atoms with Crippen LogP contribution in [0.4, 0.5) is 11.8 Å². The highest BCUT2D eigenvalue weighted by Crippen LogP contribution is 2.29. The van der Waals surface area contributed by atoms with Crippen molar-refractivity contribution in [2.75, 3.05) is 24.3 Å². The molecule has 2 aliphatic carbocycles. The van der Waals surface area contributed by atoms with E-state index < -0.39 is 0 Å². The molecule has 2 aliphatic rings. The van der Waals surface area contributed by atoms with Gasteiger partial charge in [-0.15, -0.1) is 0 Å². The van der Waals surface area contributed by atoms with E-state index in [1.165, 1.54) is 40.4 Å². The summed E-state index contributed by atoms with van der Waals surface area (Å²) in [7, 11) is 4.16. The van der Waals surface area contributed by atoms with Gasteiger partial charge in [0.25, 0.3) is 0 Å². The van der Waals surface area contributed by atoms with Crippen LogP contribution in [0.25, 0.3) is 10.8 Å². The summed E-state index contributed by atoms with van der Waals surface area (Å²) in [5.41, 5.74) is 3.84. The van der Waals surface area contributed by atoms with Crippen LogP contribution in [0.3, 0.4) is 0 Å². The molecule has 0 bridgehead atoms. The molecule has 0 aliphatic heterocycles. The molecule has 3 N–H and O–H groups in total. The first kappa shape index (κ1) is 23.8. The Bertz CT molecular complexity index is 1180. The third kappa shape index (κ3) is 5.67. The number of thiocarbonyl (C=S) groups is 1. The number of aromatic nitrogens is 2. The number of benzene rings is 2. The first-order valence-corrected chi connectivity index (χ1v) is 13.3. The average molecular weight is 489 g/mol. The number of nitrogens with zero attached hydrogens (tertiary/aromatic N) is 3. The molecule has 2 aromatic carbocycles. The highest BCUT2D eigenvalue weighted by Gasteiger charge is 2.24. The fraction of sp³-hybridized carbons (Fsp3) is 0.464. The van der Waals surface area contributed by atoms with Crippen LogP contribution in [-0.4, -0.2) is 41.3 Å². The fourth-order valence-electron chi connectivity index (χ4n) is 5.43. The molecule has 5 rings (SSSR count). The number of anilines is 2. The topological polar surface area (TPSA) is 65.1 Å². The van der Waals surface area contributed by atoms with Crippen LogP contribution >= 0.6 is 12.2 Å². The summed E-state index contributed by atoms with van der Waals surface area (Å²) in [4.78, 5) is 11.9. The van der Waals surface area contributed by atoms with E-state index in [0.717, 1.165) is 61.9 Å². The molecule has 35 heavy (non-hydrogen) atoms. The zero-order valence-corrected chi connectivity index (χ0v) is 21.6. The fourth-order valence-corrected chi connectivity index (χ4v) is 5.67. The lowest BCUT2D eigenvalue weighted by molar-refractivity contribution is 0.385. The highest BCUT2D eigenvalue weighted by molar-refractivity contribution is 7.80. The highest BCUT2D eigenvalue weighted by atomic mass is 32.1. The van der Waals surface area contributed by atoms with Gasteiger partial charge in [-0.2, -0.15) is 4.98 Å². The Balaban J connectivity index is 1.12. The van der Waals surface area contributed by atoms with Gasteiger partial charge in [0.15, 0.2) is 5.11 Å². The van der Waals surface area contributed by atoms with E-state index in [-0.39, 0.29) is 0 Å². The number of hydrogen-bond donors (Lipinski definition) is 3. The van der Waals surface area contributed by atoms with Crippen molar-refractivity contribution < 1.29 is 0 Å². The van der Waals surface area contributed by atoms with Crippen LogP contribution in [0.15, 0.2) is 42.5 Å². The quantitative estimate of drug-likeness (QED) is 0.424. The first-order valence-electron chi connectivity index (χ1n) is 12.9. The smallest absolute Gasteiger partial charge is 0.225 e. The minimum absolute atomic E-state index is 0.405. The minimum Gasteiger partial charge on any atom is -0.362 e. The predicted molar refractivity (Wildman–Crippen MR) is 149 cm³/mol. The van der Waals surface area contributed by atoms with Crippen LogP contribution in [0.2, 0.25) is 0 Å². The SMILES string of the molecule is CN(C)c1nc(NC2CCC(NC(=S)NCc3cccc4ccccc34)CC2)nc2c1CCCC2. The van der Waals surface area contributed by atoms with Crippen LogP contribution in [0, 0.1) is 0 Å². The first-order chi connectivity index (χ1) is 17.1. The van der Waals surface area contributed by atoms with Crippen molar-refractivity contribution in [2.45, 2.75) is 70.0 Å². The van der Waals surface area contributed by atoms with E-state index in [4.69, 9.17) is 22.2 Å². The summed E-state index contributed by atoms with van der Waals surface area (Å²) >= 11 is 5.62. The van der Waals surface area contributed by atoms with Crippen molar-refractivity contribution in [3.05, 3.63) is 59.3 Å². The third-order valence-electron chi connectivity index (χ3n) is 7.30. The van der Waals surface area contributed by atoms with Crippen molar-refractivity contribution in [1.82, 2.24) is 20.6 Å². The molecule has 7 heteroatoms. The summed E-state index contributed by atoms with van der Waals surface area (Å²) in [6.07, 6.45) is 8.95. The van der Waals surface area contributed by atoms with E-state index >= 15 is 0 Å². The second-order valence-electron chi connectivity index (χ2n) is 10.1. The Morgan fingerprint density at radius 1 is 0.943 bits per heavy atom. The zero-order chi connectivity index (χ0) is 24.2. The molecule has 6 nitrogen and oxygen atoms in total. The summed E-state index contributed by atoms with van der Waals surface area (Å²) in [5, 5.41) is 13.9. The van der Waals surface area contributed by atoms with Crippen LogP contribution < -0.4 is 20.9 Å². The van der Waals surface area contributed by atoms with Gasteiger partial charge in [-0.3, -0.25) is 0 Å². The van der Waals surface area contributed by atoms with Crippen LogP contribution in [0.5, 0.6) is 0 Å². The molecule has 0 atom stereocenters. The Hall–Kier alpha value is -2.93. The standard InChI is InChI=1S/C28H36N6S/c1-34(2)26-24-12-5-6-13-25(24)32-27(33-26)30-21-14-16-22(17-15-21)31-28(35)29-18-20-10-7-9-19-8-3-4-11-23(19)20/h3-4,7-11,21-22H,5-6,12-18H2,1-2H3,(H2,29,31,35)(H,30,32,33). The lowest BCUT2D eigenvalue weighted by Gasteiger charge is -2.31. The molecule has 0 saturated heterocycles. The molecule has 1 fully saturated rings. The molecule has 0 radical (unpaired) electrons. The van der Waals surface area contributed by atoms with E-state index in [0.29, 0.717) is 12.1 Å². The Kier molecular flexibility index (Phi) is 7.32. The van der Waals surface area contributed by atoms with Gasteiger partial charge in [-0.05, 0) is 79.9 Å².